The molecule has 1 aliphatic rings. The monoisotopic (exact) mass is 217 g/mol. The van der Waals surface area contributed by atoms with E-state index in [4.69, 9.17) is 4.74 Å². The van der Waals surface area contributed by atoms with Gasteiger partial charge in [0.1, 0.15) is 5.75 Å². The highest BCUT2D eigenvalue weighted by Gasteiger charge is 2.22. The number of benzene rings is 1. The molecule has 1 N–H and O–H groups in total. The first-order chi connectivity index (χ1) is 7.61. The molecule has 1 aromatic rings. The molecule has 16 heavy (non-hydrogen) atoms. The number of amides is 2. The lowest BCUT2D eigenvalue weighted by atomic mass is 10.0. The van der Waals surface area contributed by atoms with E-state index >= 15 is 0 Å². The van der Waals surface area contributed by atoms with Crippen LogP contribution in [0, 0.1) is 6.92 Å². The summed E-state index contributed by atoms with van der Waals surface area (Å²) in [5.41, 5.74) is 2.05. The van der Waals surface area contributed by atoms with Crippen LogP contribution in [0.15, 0.2) is 24.3 Å². The number of ether oxygens (including phenoxy) is 1. The molecule has 0 spiro atoms. The van der Waals surface area contributed by atoms with Crippen molar-refractivity contribution in [1.82, 2.24) is 5.32 Å². The lowest BCUT2D eigenvalue weighted by molar-refractivity contribution is -0.123. The van der Waals surface area contributed by atoms with Gasteiger partial charge in [0, 0.05) is 6.08 Å². The fourth-order valence-corrected chi connectivity index (χ4v) is 1.61. The predicted molar refractivity (Wildman–Crippen MR) is 58.9 cm³/mol. The minimum atomic E-state index is -0.375. The van der Waals surface area contributed by atoms with Crippen LogP contribution in [0.4, 0.5) is 0 Å². The summed E-state index contributed by atoms with van der Waals surface area (Å²) >= 11 is 0. The number of carbonyl (C=O) groups excluding carboxylic acids is 2. The molecule has 0 aliphatic carbocycles. The van der Waals surface area contributed by atoms with Gasteiger partial charge in [-0.15, -0.1) is 0 Å². The number of hydrogen-bond donors (Lipinski definition) is 1. The van der Waals surface area contributed by atoms with E-state index in [1.54, 1.807) is 19.2 Å². The Labute approximate surface area is 92.9 Å². The molecule has 0 unspecified atom stereocenters. The Morgan fingerprint density at radius 3 is 2.56 bits per heavy atom. The van der Waals surface area contributed by atoms with Crippen molar-refractivity contribution in [2.24, 2.45) is 0 Å². The Bertz CT molecular complexity index is 503. The molecule has 0 radical (unpaired) electrons. The van der Waals surface area contributed by atoms with Gasteiger partial charge in [-0.2, -0.15) is 0 Å². The Balaban J connectivity index is 2.45. The van der Waals surface area contributed by atoms with Crippen LogP contribution in [0.25, 0.3) is 5.57 Å². The number of rotatable bonds is 2. The number of aryl methyl sites for hydroxylation is 1. The van der Waals surface area contributed by atoms with E-state index in [2.05, 4.69) is 5.32 Å². The zero-order valence-electron chi connectivity index (χ0n) is 9.03. The quantitative estimate of drug-likeness (QED) is 0.753. The molecule has 0 fully saturated rings. The SMILES string of the molecule is COc1cc(C2=CC(=O)NC2=O)ccc1C. The number of methoxy groups -OCH3 is 1. The summed E-state index contributed by atoms with van der Waals surface area (Å²) in [6.07, 6.45) is 1.30. The van der Waals surface area contributed by atoms with Crippen LogP contribution in [0.3, 0.4) is 0 Å². The van der Waals surface area contributed by atoms with Crippen LogP contribution in [-0.4, -0.2) is 18.9 Å². The molecule has 4 nitrogen and oxygen atoms in total. The molecule has 1 aliphatic heterocycles. The summed E-state index contributed by atoms with van der Waals surface area (Å²) in [4.78, 5) is 22.4. The maximum absolute atomic E-state index is 11.4. The summed E-state index contributed by atoms with van der Waals surface area (Å²) < 4.78 is 5.16. The van der Waals surface area contributed by atoms with Gasteiger partial charge in [-0.05, 0) is 24.1 Å². The normalized spacial score (nSPS) is 14.8. The third-order valence-electron chi connectivity index (χ3n) is 2.48. The topological polar surface area (TPSA) is 55.4 Å². The fraction of sp³-hybridized carbons (Fsp3) is 0.167. The van der Waals surface area contributed by atoms with Gasteiger partial charge in [-0.3, -0.25) is 14.9 Å². The molecule has 0 atom stereocenters. The molecule has 0 bridgehead atoms. The van der Waals surface area contributed by atoms with Crippen LogP contribution in [0.5, 0.6) is 5.75 Å². The average molecular weight is 217 g/mol. The van der Waals surface area contributed by atoms with Crippen molar-refractivity contribution >= 4 is 17.4 Å². The standard InChI is InChI=1S/C12H11NO3/c1-7-3-4-8(5-10(7)16-2)9-6-11(14)13-12(9)15/h3-6H,1-2H3,(H,13,14,15). The molecule has 0 aromatic heterocycles. The third kappa shape index (κ3) is 1.69. The Hall–Kier alpha value is -2.10. The lowest BCUT2D eigenvalue weighted by Gasteiger charge is -2.07. The Morgan fingerprint density at radius 2 is 2.00 bits per heavy atom. The van der Waals surface area contributed by atoms with Crippen LogP contribution in [-0.2, 0) is 9.59 Å². The van der Waals surface area contributed by atoms with Crippen molar-refractivity contribution in [2.75, 3.05) is 7.11 Å². The zero-order chi connectivity index (χ0) is 11.7. The smallest absolute Gasteiger partial charge is 0.258 e. The Kier molecular flexibility index (Phi) is 2.48. The van der Waals surface area contributed by atoms with Crippen LogP contribution < -0.4 is 10.1 Å². The van der Waals surface area contributed by atoms with E-state index < -0.39 is 0 Å². The van der Waals surface area contributed by atoms with Crippen molar-refractivity contribution in [3.63, 3.8) is 0 Å². The second-order valence-electron chi connectivity index (χ2n) is 3.56. The molecule has 2 amide bonds. The molecular weight excluding hydrogens is 206 g/mol. The van der Waals surface area contributed by atoms with Crippen LogP contribution in [0.2, 0.25) is 0 Å². The van der Waals surface area contributed by atoms with E-state index in [0.717, 1.165) is 5.56 Å². The second kappa shape index (κ2) is 3.81. The van der Waals surface area contributed by atoms with Gasteiger partial charge in [0.2, 0.25) is 0 Å². The van der Waals surface area contributed by atoms with Crippen molar-refractivity contribution < 1.29 is 14.3 Å². The Morgan fingerprint density at radius 1 is 1.25 bits per heavy atom. The second-order valence-corrected chi connectivity index (χ2v) is 3.56. The van der Waals surface area contributed by atoms with Gasteiger partial charge in [0.25, 0.3) is 11.8 Å². The number of imide groups is 1. The predicted octanol–water partition coefficient (Wildman–Crippen LogP) is 1.04. The molecule has 2 rings (SSSR count). The minimum Gasteiger partial charge on any atom is -0.496 e. The van der Waals surface area contributed by atoms with Gasteiger partial charge in [-0.1, -0.05) is 12.1 Å². The third-order valence-corrected chi connectivity index (χ3v) is 2.48. The minimum absolute atomic E-state index is 0.365. The summed E-state index contributed by atoms with van der Waals surface area (Å²) in [7, 11) is 1.57. The van der Waals surface area contributed by atoms with E-state index in [-0.39, 0.29) is 11.8 Å². The summed E-state index contributed by atoms with van der Waals surface area (Å²) in [5, 5.41) is 2.21. The van der Waals surface area contributed by atoms with Gasteiger partial charge in [0.05, 0.1) is 12.7 Å². The average Bonchev–Trinajstić information content (AvgIpc) is 2.59. The van der Waals surface area contributed by atoms with Crippen LogP contribution in [0.1, 0.15) is 11.1 Å². The molecule has 4 heteroatoms. The van der Waals surface area contributed by atoms with Crippen molar-refractivity contribution in [3.05, 3.63) is 35.4 Å². The maximum atomic E-state index is 11.4. The maximum Gasteiger partial charge on any atom is 0.258 e. The van der Waals surface area contributed by atoms with Gasteiger partial charge >= 0.3 is 0 Å². The van der Waals surface area contributed by atoms with Crippen molar-refractivity contribution in [3.8, 4) is 5.75 Å². The first-order valence-corrected chi connectivity index (χ1v) is 4.84. The zero-order valence-corrected chi connectivity index (χ0v) is 9.03. The summed E-state index contributed by atoms with van der Waals surface area (Å²) in [6, 6.07) is 5.40. The fourth-order valence-electron chi connectivity index (χ4n) is 1.61. The molecule has 0 saturated carbocycles. The first kappa shape index (κ1) is 10.4. The van der Waals surface area contributed by atoms with Gasteiger partial charge in [0.15, 0.2) is 0 Å². The van der Waals surface area contributed by atoms with Crippen LogP contribution >= 0.6 is 0 Å². The lowest BCUT2D eigenvalue weighted by Crippen LogP contribution is -2.21. The molecule has 0 saturated heterocycles. The van der Waals surface area contributed by atoms with E-state index in [0.29, 0.717) is 16.9 Å². The number of carbonyl (C=O) groups is 2. The van der Waals surface area contributed by atoms with Gasteiger partial charge in [-0.25, -0.2) is 0 Å². The molecular formula is C12H11NO3. The van der Waals surface area contributed by atoms with E-state index in [9.17, 15) is 9.59 Å². The highest BCUT2D eigenvalue weighted by atomic mass is 16.5. The summed E-state index contributed by atoms with van der Waals surface area (Å²) in [5.74, 6) is -0.0407. The first-order valence-electron chi connectivity index (χ1n) is 4.84. The number of nitrogens with one attached hydrogen (secondary N) is 1. The van der Waals surface area contributed by atoms with E-state index in [1.807, 2.05) is 13.0 Å². The van der Waals surface area contributed by atoms with E-state index in [1.165, 1.54) is 6.08 Å². The molecule has 1 heterocycles. The number of hydrogen-bond acceptors (Lipinski definition) is 3. The largest absolute Gasteiger partial charge is 0.496 e. The molecule has 82 valence electrons. The summed E-state index contributed by atoms with van der Waals surface area (Å²) in [6.45, 7) is 1.91. The van der Waals surface area contributed by atoms with Gasteiger partial charge < -0.3 is 4.74 Å². The highest BCUT2D eigenvalue weighted by molar-refractivity contribution is 6.33. The molecule has 1 aromatic carbocycles. The van der Waals surface area contributed by atoms with Crippen molar-refractivity contribution in [2.45, 2.75) is 6.92 Å². The highest BCUT2D eigenvalue weighted by Crippen LogP contribution is 2.25. The van der Waals surface area contributed by atoms with Crippen molar-refractivity contribution in [1.29, 1.82) is 0 Å².